The molecule has 28 heavy (non-hydrogen) atoms. The SMILES string of the molecule is CCNC(=NCCC(F)(F)F)NC1CCN(Cc2ccc(Cl)c(Cl)c2)CC1.I. The van der Waals surface area contributed by atoms with Crippen LogP contribution in [0.2, 0.25) is 10.0 Å². The Bertz CT molecular complexity index is 636. The van der Waals surface area contributed by atoms with Crippen molar-refractivity contribution in [3.63, 3.8) is 0 Å². The van der Waals surface area contributed by atoms with Crippen LogP contribution < -0.4 is 10.6 Å². The smallest absolute Gasteiger partial charge is 0.357 e. The van der Waals surface area contributed by atoms with Gasteiger partial charge in [0, 0.05) is 32.2 Å². The molecule has 0 spiro atoms. The van der Waals surface area contributed by atoms with Crippen molar-refractivity contribution < 1.29 is 13.2 Å². The van der Waals surface area contributed by atoms with Crippen molar-refractivity contribution in [2.45, 2.75) is 44.9 Å². The van der Waals surface area contributed by atoms with Gasteiger partial charge in [-0.3, -0.25) is 9.89 Å². The van der Waals surface area contributed by atoms with Gasteiger partial charge in [0.25, 0.3) is 0 Å². The van der Waals surface area contributed by atoms with E-state index in [1.54, 1.807) is 6.07 Å². The Morgan fingerprint density at radius 1 is 1.21 bits per heavy atom. The molecule has 0 saturated carbocycles. The van der Waals surface area contributed by atoms with E-state index in [-0.39, 0.29) is 36.6 Å². The summed E-state index contributed by atoms with van der Waals surface area (Å²) in [6.07, 6.45) is -3.31. The standard InChI is InChI=1S/C18H25Cl2F3N4.HI/c1-2-24-17(25-8-7-18(21,22)23)26-14-5-9-27(10-6-14)12-13-3-4-15(19)16(20)11-13;/h3-4,11,14H,2,5-10,12H2,1H3,(H2,24,25,26);1H. The molecule has 0 bridgehead atoms. The molecule has 1 aromatic carbocycles. The Hall–Kier alpha value is -0.450. The van der Waals surface area contributed by atoms with Crippen LogP contribution in [0.1, 0.15) is 31.7 Å². The molecule has 4 nitrogen and oxygen atoms in total. The summed E-state index contributed by atoms with van der Waals surface area (Å²) in [6, 6.07) is 5.84. The molecular weight excluding hydrogens is 527 g/mol. The topological polar surface area (TPSA) is 39.7 Å². The van der Waals surface area contributed by atoms with Crippen LogP contribution >= 0.6 is 47.2 Å². The molecule has 1 heterocycles. The number of guanidine groups is 1. The molecule has 0 amide bonds. The van der Waals surface area contributed by atoms with E-state index < -0.39 is 12.6 Å². The highest BCUT2D eigenvalue weighted by atomic mass is 127. The predicted octanol–water partition coefficient (Wildman–Crippen LogP) is 5.08. The lowest BCUT2D eigenvalue weighted by atomic mass is 10.0. The molecule has 1 aliphatic heterocycles. The molecule has 160 valence electrons. The van der Waals surface area contributed by atoms with Crippen molar-refractivity contribution in [3.8, 4) is 0 Å². The summed E-state index contributed by atoms with van der Waals surface area (Å²) in [7, 11) is 0. The maximum atomic E-state index is 12.3. The van der Waals surface area contributed by atoms with Crippen molar-refractivity contribution in [2.24, 2.45) is 4.99 Å². The van der Waals surface area contributed by atoms with E-state index in [4.69, 9.17) is 23.2 Å². The summed E-state index contributed by atoms with van der Waals surface area (Å²) in [5, 5.41) is 7.36. The molecule has 0 aliphatic carbocycles. The number of nitrogens with one attached hydrogen (secondary N) is 2. The van der Waals surface area contributed by atoms with Crippen molar-refractivity contribution in [2.75, 3.05) is 26.2 Å². The Kier molecular flexibility index (Phi) is 11.2. The quantitative estimate of drug-likeness (QED) is 0.293. The number of rotatable bonds is 6. The average Bonchev–Trinajstić information content (AvgIpc) is 2.59. The average molecular weight is 553 g/mol. The maximum absolute atomic E-state index is 12.3. The first kappa shape index (κ1) is 25.6. The van der Waals surface area contributed by atoms with E-state index in [0.717, 1.165) is 38.0 Å². The van der Waals surface area contributed by atoms with E-state index in [2.05, 4.69) is 20.5 Å². The molecule has 0 aromatic heterocycles. The highest BCUT2D eigenvalue weighted by molar-refractivity contribution is 14.0. The lowest BCUT2D eigenvalue weighted by Gasteiger charge is -2.33. The third-order valence-electron chi connectivity index (χ3n) is 4.33. The summed E-state index contributed by atoms with van der Waals surface area (Å²) in [5.41, 5.74) is 1.11. The van der Waals surface area contributed by atoms with Crippen LogP contribution in [0.15, 0.2) is 23.2 Å². The highest BCUT2D eigenvalue weighted by Gasteiger charge is 2.26. The van der Waals surface area contributed by atoms with Crippen molar-refractivity contribution in [1.29, 1.82) is 0 Å². The number of nitrogens with zero attached hydrogens (tertiary/aromatic N) is 2. The van der Waals surface area contributed by atoms with E-state index in [0.29, 0.717) is 22.5 Å². The fourth-order valence-electron chi connectivity index (χ4n) is 2.94. The van der Waals surface area contributed by atoms with E-state index in [9.17, 15) is 13.2 Å². The first-order valence-corrected chi connectivity index (χ1v) is 9.80. The largest absolute Gasteiger partial charge is 0.390 e. The molecule has 2 N–H and O–H groups in total. The number of likely N-dealkylation sites (tertiary alicyclic amines) is 1. The van der Waals surface area contributed by atoms with Gasteiger partial charge in [0.15, 0.2) is 5.96 Å². The van der Waals surface area contributed by atoms with Crippen LogP contribution in [0.4, 0.5) is 13.2 Å². The normalized spacial score (nSPS) is 16.6. The van der Waals surface area contributed by atoms with Crippen molar-refractivity contribution in [3.05, 3.63) is 33.8 Å². The monoisotopic (exact) mass is 552 g/mol. The second kappa shape index (κ2) is 12.3. The van der Waals surface area contributed by atoms with Crippen LogP contribution in [0.3, 0.4) is 0 Å². The molecule has 1 aromatic rings. The number of alkyl halides is 3. The highest BCUT2D eigenvalue weighted by Crippen LogP contribution is 2.24. The van der Waals surface area contributed by atoms with Gasteiger partial charge in [-0.1, -0.05) is 29.3 Å². The fourth-order valence-corrected chi connectivity index (χ4v) is 3.26. The molecule has 1 aliphatic rings. The van der Waals surface area contributed by atoms with Gasteiger partial charge in [-0.05, 0) is 37.5 Å². The molecule has 0 atom stereocenters. The van der Waals surface area contributed by atoms with E-state index in [1.165, 1.54) is 0 Å². The zero-order chi connectivity index (χ0) is 19.9. The van der Waals surface area contributed by atoms with Crippen molar-refractivity contribution in [1.82, 2.24) is 15.5 Å². The van der Waals surface area contributed by atoms with Gasteiger partial charge in [0.2, 0.25) is 0 Å². The number of aliphatic imine (C=N–C) groups is 1. The summed E-state index contributed by atoms with van der Waals surface area (Å²) >= 11 is 12.0. The predicted molar refractivity (Wildman–Crippen MR) is 120 cm³/mol. The minimum atomic E-state index is -4.18. The molecule has 10 heteroatoms. The number of hydrogen-bond donors (Lipinski definition) is 2. The minimum Gasteiger partial charge on any atom is -0.357 e. The maximum Gasteiger partial charge on any atom is 0.390 e. The van der Waals surface area contributed by atoms with Crippen LogP contribution in [0.25, 0.3) is 0 Å². The Morgan fingerprint density at radius 3 is 2.46 bits per heavy atom. The first-order valence-electron chi connectivity index (χ1n) is 9.04. The summed E-state index contributed by atoms with van der Waals surface area (Å²) in [5.74, 6) is 0.449. The van der Waals surface area contributed by atoms with Gasteiger partial charge in [0.05, 0.1) is 23.0 Å². The van der Waals surface area contributed by atoms with Crippen molar-refractivity contribution >= 4 is 53.1 Å². The molecule has 1 saturated heterocycles. The van der Waals surface area contributed by atoms with Gasteiger partial charge in [-0.2, -0.15) is 13.2 Å². The van der Waals surface area contributed by atoms with Gasteiger partial charge in [0.1, 0.15) is 0 Å². The van der Waals surface area contributed by atoms with Gasteiger partial charge >= 0.3 is 6.18 Å². The molecule has 0 radical (unpaired) electrons. The third kappa shape index (κ3) is 9.37. The first-order chi connectivity index (χ1) is 12.8. The second-order valence-corrected chi connectivity index (χ2v) is 7.38. The lowest BCUT2D eigenvalue weighted by Crippen LogP contribution is -2.48. The van der Waals surface area contributed by atoms with Crippen LogP contribution in [-0.2, 0) is 6.54 Å². The number of piperidine rings is 1. The molecular formula is C18H26Cl2F3IN4. The van der Waals surface area contributed by atoms with Crippen LogP contribution in [-0.4, -0.2) is 49.3 Å². The van der Waals surface area contributed by atoms with E-state index >= 15 is 0 Å². The Balaban J connectivity index is 0.00000392. The number of benzene rings is 1. The summed E-state index contributed by atoms with van der Waals surface area (Å²) < 4.78 is 36.9. The zero-order valence-electron chi connectivity index (χ0n) is 15.7. The lowest BCUT2D eigenvalue weighted by molar-refractivity contribution is -0.132. The molecule has 1 fully saturated rings. The van der Waals surface area contributed by atoms with Crippen LogP contribution in [0.5, 0.6) is 0 Å². The number of hydrogen-bond acceptors (Lipinski definition) is 2. The van der Waals surface area contributed by atoms with Crippen LogP contribution in [0, 0.1) is 0 Å². The second-order valence-electron chi connectivity index (χ2n) is 6.57. The van der Waals surface area contributed by atoms with Gasteiger partial charge in [-0.25, -0.2) is 0 Å². The fraction of sp³-hybridized carbons (Fsp3) is 0.611. The minimum absolute atomic E-state index is 0. The molecule has 2 rings (SSSR count). The Labute approximate surface area is 191 Å². The summed E-state index contributed by atoms with van der Waals surface area (Å²) in [4.78, 5) is 6.36. The molecule has 0 unspecified atom stereocenters. The summed E-state index contributed by atoms with van der Waals surface area (Å²) in [6.45, 7) is 4.80. The number of halogens is 6. The third-order valence-corrected chi connectivity index (χ3v) is 5.07. The van der Waals surface area contributed by atoms with E-state index in [1.807, 2.05) is 19.1 Å². The Morgan fingerprint density at radius 2 is 1.89 bits per heavy atom. The van der Waals surface area contributed by atoms with Gasteiger partial charge < -0.3 is 10.6 Å². The van der Waals surface area contributed by atoms with Gasteiger partial charge in [-0.15, -0.1) is 24.0 Å². The zero-order valence-corrected chi connectivity index (χ0v) is 19.5.